The van der Waals surface area contributed by atoms with Crippen LogP contribution in [-0.4, -0.2) is 12.1 Å². The van der Waals surface area contributed by atoms with Crippen molar-refractivity contribution in [3.05, 3.63) is 59.2 Å². The van der Waals surface area contributed by atoms with Crippen LogP contribution in [-0.2, 0) is 12.8 Å². The maximum Gasteiger partial charge on any atom is 0.00966 e. The fraction of sp³-hybridized carbons (Fsp3) is 0.368. The topological polar surface area (TPSA) is 12.0 Å². The van der Waals surface area contributed by atoms with Crippen LogP contribution >= 0.6 is 0 Å². The van der Waals surface area contributed by atoms with Gasteiger partial charge < -0.3 is 5.32 Å². The van der Waals surface area contributed by atoms with Gasteiger partial charge in [-0.15, -0.1) is 0 Å². The van der Waals surface area contributed by atoms with Crippen LogP contribution in [0.1, 0.15) is 37.5 Å². The lowest BCUT2D eigenvalue weighted by molar-refractivity contribution is 0.429. The molecule has 1 aliphatic rings. The van der Waals surface area contributed by atoms with E-state index in [1.807, 2.05) is 0 Å². The highest BCUT2D eigenvalue weighted by molar-refractivity contribution is 5.79. The molecule has 20 heavy (non-hydrogen) atoms. The minimum absolute atomic E-state index is 0.190. The van der Waals surface area contributed by atoms with Gasteiger partial charge in [0.05, 0.1) is 0 Å². The molecule has 0 aromatic heterocycles. The Labute approximate surface area is 122 Å². The number of hydrogen-bond acceptors (Lipinski definition) is 1. The quantitative estimate of drug-likeness (QED) is 0.749. The highest BCUT2D eigenvalue weighted by Gasteiger charge is 2.20. The minimum Gasteiger partial charge on any atom is -0.312 e. The van der Waals surface area contributed by atoms with Crippen molar-refractivity contribution in [1.82, 2.24) is 5.32 Å². The van der Waals surface area contributed by atoms with Crippen LogP contribution in [0, 0.1) is 0 Å². The molecule has 0 bridgehead atoms. The highest BCUT2D eigenvalue weighted by Crippen LogP contribution is 2.38. The Morgan fingerprint density at radius 2 is 1.70 bits per heavy atom. The second-order valence-corrected chi connectivity index (χ2v) is 6.71. The molecule has 0 unspecified atom stereocenters. The maximum atomic E-state index is 3.59. The van der Waals surface area contributed by atoms with Crippen LogP contribution in [0.2, 0.25) is 0 Å². The number of benzene rings is 2. The van der Waals surface area contributed by atoms with Gasteiger partial charge in [-0.25, -0.2) is 0 Å². The molecule has 0 saturated heterocycles. The van der Waals surface area contributed by atoms with E-state index in [0.717, 1.165) is 19.4 Å². The predicted molar refractivity (Wildman–Crippen MR) is 86.1 cm³/mol. The largest absolute Gasteiger partial charge is 0.312 e. The Balaban J connectivity index is 1.87. The zero-order valence-electron chi connectivity index (χ0n) is 12.7. The molecule has 0 saturated carbocycles. The summed E-state index contributed by atoms with van der Waals surface area (Å²) in [6, 6.07) is 15.6. The van der Waals surface area contributed by atoms with Gasteiger partial charge in [-0.1, -0.05) is 42.5 Å². The van der Waals surface area contributed by atoms with E-state index in [2.05, 4.69) is 68.6 Å². The van der Waals surface area contributed by atoms with Crippen molar-refractivity contribution in [2.75, 3.05) is 6.54 Å². The van der Waals surface area contributed by atoms with Gasteiger partial charge in [0, 0.05) is 5.54 Å². The van der Waals surface area contributed by atoms with Crippen LogP contribution in [0.25, 0.3) is 11.1 Å². The Bertz CT molecular complexity index is 620. The summed E-state index contributed by atoms with van der Waals surface area (Å²) in [5, 5.41) is 3.59. The molecule has 0 radical (unpaired) electrons. The Morgan fingerprint density at radius 3 is 2.50 bits per heavy atom. The van der Waals surface area contributed by atoms with Crippen LogP contribution in [0.3, 0.4) is 0 Å². The fourth-order valence-corrected chi connectivity index (χ4v) is 3.05. The molecule has 0 aliphatic heterocycles. The third-order valence-corrected chi connectivity index (χ3v) is 3.95. The van der Waals surface area contributed by atoms with Crippen LogP contribution in [0.4, 0.5) is 0 Å². The van der Waals surface area contributed by atoms with Crippen LogP contribution in [0.5, 0.6) is 0 Å². The van der Waals surface area contributed by atoms with Gasteiger partial charge in [-0.05, 0) is 68.0 Å². The van der Waals surface area contributed by atoms with Crippen molar-refractivity contribution < 1.29 is 0 Å². The number of rotatable bonds is 3. The molecule has 2 aromatic carbocycles. The standard InChI is InChI=1S/C19H23N/c1-19(2,3)20-12-11-14-8-6-9-16-13-15-7-4-5-10-17(15)18(14)16/h4-10,20H,11-13H2,1-3H3. The van der Waals surface area contributed by atoms with Crippen molar-refractivity contribution in [3.8, 4) is 11.1 Å². The average molecular weight is 265 g/mol. The number of hydrogen-bond donors (Lipinski definition) is 1. The van der Waals surface area contributed by atoms with Crippen molar-refractivity contribution >= 4 is 0 Å². The maximum absolute atomic E-state index is 3.59. The van der Waals surface area contributed by atoms with Crippen LogP contribution in [0.15, 0.2) is 42.5 Å². The lowest BCUT2D eigenvalue weighted by Gasteiger charge is -2.21. The molecule has 0 heterocycles. The normalized spacial score (nSPS) is 13.2. The van der Waals surface area contributed by atoms with E-state index in [0.29, 0.717) is 0 Å². The molecule has 1 nitrogen and oxygen atoms in total. The first-order valence-electron chi connectivity index (χ1n) is 7.49. The van der Waals surface area contributed by atoms with Gasteiger partial charge in [0.2, 0.25) is 0 Å². The van der Waals surface area contributed by atoms with Crippen LogP contribution < -0.4 is 5.32 Å². The Hall–Kier alpha value is -1.60. The average Bonchev–Trinajstić information content (AvgIpc) is 2.76. The SMILES string of the molecule is CC(C)(C)NCCc1cccc2c1-c1ccccc1C2. The molecule has 0 amide bonds. The van der Waals surface area contributed by atoms with Gasteiger partial charge in [-0.2, -0.15) is 0 Å². The lowest BCUT2D eigenvalue weighted by atomic mass is 9.97. The lowest BCUT2D eigenvalue weighted by Crippen LogP contribution is -2.37. The van der Waals surface area contributed by atoms with E-state index >= 15 is 0 Å². The minimum atomic E-state index is 0.190. The molecule has 0 spiro atoms. The molecular weight excluding hydrogens is 242 g/mol. The third-order valence-electron chi connectivity index (χ3n) is 3.95. The van der Waals surface area contributed by atoms with E-state index in [1.54, 1.807) is 0 Å². The van der Waals surface area contributed by atoms with Crippen molar-refractivity contribution in [2.24, 2.45) is 0 Å². The van der Waals surface area contributed by atoms with E-state index in [-0.39, 0.29) is 5.54 Å². The second-order valence-electron chi connectivity index (χ2n) is 6.71. The summed E-state index contributed by atoms with van der Waals surface area (Å²) >= 11 is 0. The second kappa shape index (κ2) is 5.06. The molecule has 1 aliphatic carbocycles. The van der Waals surface area contributed by atoms with E-state index in [4.69, 9.17) is 0 Å². The molecule has 0 atom stereocenters. The van der Waals surface area contributed by atoms with E-state index in [1.165, 1.54) is 27.8 Å². The molecule has 2 aromatic rings. The summed E-state index contributed by atoms with van der Waals surface area (Å²) in [7, 11) is 0. The number of fused-ring (bicyclic) bond motifs is 3. The summed E-state index contributed by atoms with van der Waals surface area (Å²) in [4.78, 5) is 0. The fourth-order valence-electron chi connectivity index (χ4n) is 3.05. The molecule has 1 N–H and O–H groups in total. The molecular formula is C19H23N. The van der Waals surface area contributed by atoms with Crippen molar-refractivity contribution in [2.45, 2.75) is 39.2 Å². The third kappa shape index (κ3) is 2.64. The van der Waals surface area contributed by atoms with Crippen molar-refractivity contribution in [3.63, 3.8) is 0 Å². The molecule has 104 valence electrons. The predicted octanol–water partition coefficient (Wildman–Crippen LogP) is 4.19. The van der Waals surface area contributed by atoms with Gasteiger partial charge in [-0.3, -0.25) is 0 Å². The monoisotopic (exact) mass is 265 g/mol. The van der Waals surface area contributed by atoms with E-state index in [9.17, 15) is 0 Å². The first-order chi connectivity index (χ1) is 9.54. The smallest absolute Gasteiger partial charge is 0.00966 e. The molecule has 1 heteroatoms. The summed E-state index contributed by atoms with van der Waals surface area (Å²) < 4.78 is 0. The first-order valence-corrected chi connectivity index (χ1v) is 7.49. The Morgan fingerprint density at radius 1 is 0.950 bits per heavy atom. The highest BCUT2D eigenvalue weighted by atomic mass is 14.9. The van der Waals surface area contributed by atoms with Gasteiger partial charge in [0.1, 0.15) is 0 Å². The van der Waals surface area contributed by atoms with E-state index < -0.39 is 0 Å². The van der Waals surface area contributed by atoms with Crippen molar-refractivity contribution in [1.29, 1.82) is 0 Å². The Kier molecular flexibility index (Phi) is 3.39. The van der Waals surface area contributed by atoms with Gasteiger partial charge in [0.15, 0.2) is 0 Å². The van der Waals surface area contributed by atoms with Gasteiger partial charge in [0.25, 0.3) is 0 Å². The molecule has 3 rings (SSSR count). The first kappa shape index (κ1) is 13.4. The summed E-state index contributed by atoms with van der Waals surface area (Å²) in [6.45, 7) is 7.69. The summed E-state index contributed by atoms with van der Waals surface area (Å²) in [6.07, 6.45) is 2.18. The molecule has 0 fully saturated rings. The van der Waals surface area contributed by atoms with Gasteiger partial charge >= 0.3 is 0 Å². The zero-order chi connectivity index (χ0) is 14.2. The number of nitrogens with one attached hydrogen (secondary N) is 1. The zero-order valence-corrected chi connectivity index (χ0v) is 12.7. The summed E-state index contributed by atoms with van der Waals surface area (Å²) in [5.41, 5.74) is 7.55. The summed E-state index contributed by atoms with van der Waals surface area (Å²) in [5.74, 6) is 0.